The molecule has 3 amide bonds. The third-order valence-electron chi connectivity index (χ3n) is 8.95. The lowest BCUT2D eigenvalue weighted by Gasteiger charge is -2.38. The number of imide groups is 1. The second-order valence-electron chi connectivity index (χ2n) is 11.5. The summed E-state index contributed by atoms with van der Waals surface area (Å²) in [5.74, 6) is 1.99. The highest BCUT2D eigenvalue weighted by atomic mass is 16.5. The molecule has 1 aromatic rings. The van der Waals surface area contributed by atoms with Crippen LogP contribution in [0.25, 0.3) is 0 Å². The summed E-state index contributed by atoms with van der Waals surface area (Å²) in [6.45, 7) is 5.92. The molecule has 0 radical (unpaired) electrons. The van der Waals surface area contributed by atoms with Gasteiger partial charge in [0.1, 0.15) is 11.8 Å². The van der Waals surface area contributed by atoms with Crippen molar-refractivity contribution >= 4 is 17.7 Å². The topological polar surface area (TPSA) is 97.0 Å². The van der Waals surface area contributed by atoms with E-state index in [1.165, 1.54) is 58.0 Å². The van der Waals surface area contributed by atoms with Crippen LogP contribution in [0.3, 0.4) is 0 Å². The average molecular weight is 526 g/mol. The van der Waals surface area contributed by atoms with E-state index in [1.54, 1.807) is 11.0 Å². The van der Waals surface area contributed by atoms with Crippen molar-refractivity contribution in [3.05, 3.63) is 29.3 Å². The van der Waals surface area contributed by atoms with Gasteiger partial charge in [0, 0.05) is 25.1 Å². The molecule has 8 nitrogen and oxygen atoms in total. The Labute approximate surface area is 226 Å². The van der Waals surface area contributed by atoms with Gasteiger partial charge in [-0.1, -0.05) is 6.42 Å². The van der Waals surface area contributed by atoms with Crippen LogP contribution in [-0.2, 0) is 20.9 Å². The zero-order chi connectivity index (χ0) is 26.5. The molecule has 208 valence electrons. The van der Waals surface area contributed by atoms with Crippen LogP contribution < -0.4 is 15.4 Å². The fraction of sp³-hybridized carbons (Fsp3) is 0.700. The Hall–Kier alpha value is -2.45. The van der Waals surface area contributed by atoms with Gasteiger partial charge in [0.2, 0.25) is 11.8 Å². The Balaban J connectivity index is 0.000000190. The zero-order valence-corrected chi connectivity index (χ0v) is 22.7. The van der Waals surface area contributed by atoms with E-state index < -0.39 is 6.04 Å². The van der Waals surface area contributed by atoms with Crippen molar-refractivity contribution in [1.82, 2.24) is 15.5 Å². The third kappa shape index (κ3) is 6.40. The van der Waals surface area contributed by atoms with Crippen molar-refractivity contribution in [3.8, 4) is 5.75 Å². The summed E-state index contributed by atoms with van der Waals surface area (Å²) in [5.41, 5.74) is 1.52. The van der Waals surface area contributed by atoms with Crippen LogP contribution in [-0.4, -0.2) is 60.6 Å². The Kier molecular flexibility index (Phi) is 9.00. The van der Waals surface area contributed by atoms with Crippen molar-refractivity contribution in [3.63, 3.8) is 0 Å². The molecule has 1 atom stereocenters. The molecule has 4 fully saturated rings. The number of carbonyl (C=O) groups excluding carboxylic acids is 3. The lowest BCUT2D eigenvalue weighted by atomic mass is 9.76. The molecule has 2 N–H and O–H groups in total. The molecule has 38 heavy (non-hydrogen) atoms. The van der Waals surface area contributed by atoms with E-state index >= 15 is 0 Å². The van der Waals surface area contributed by atoms with Gasteiger partial charge in [-0.3, -0.25) is 19.7 Å². The number of rotatable bonds is 6. The highest BCUT2D eigenvalue weighted by Gasteiger charge is 2.39. The van der Waals surface area contributed by atoms with Gasteiger partial charge in [0.15, 0.2) is 0 Å². The predicted octanol–water partition coefficient (Wildman–Crippen LogP) is 3.96. The Bertz CT molecular complexity index is 996. The van der Waals surface area contributed by atoms with Crippen molar-refractivity contribution in [2.45, 2.75) is 102 Å². The molecule has 2 saturated heterocycles. The van der Waals surface area contributed by atoms with E-state index in [2.05, 4.69) is 17.6 Å². The molecule has 0 aromatic heterocycles. The molecule has 0 spiro atoms. The van der Waals surface area contributed by atoms with Gasteiger partial charge < -0.3 is 19.7 Å². The molecular formula is C30H43N3O5. The largest absolute Gasteiger partial charge is 0.490 e. The molecule has 0 bridgehead atoms. The van der Waals surface area contributed by atoms with E-state index in [9.17, 15) is 14.4 Å². The molecule has 8 heteroatoms. The minimum absolute atomic E-state index is 0.145. The number of hydrogen-bond donors (Lipinski definition) is 2. The van der Waals surface area contributed by atoms with E-state index in [0.717, 1.165) is 42.6 Å². The maximum atomic E-state index is 12.6. The number of nitrogens with zero attached hydrogens (tertiary/aromatic N) is 1. The Morgan fingerprint density at radius 1 is 0.895 bits per heavy atom. The quantitative estimate of drug-likeness (QED) is 0.546. The first kappa shape index (κ1) is 27.1. The van der Waals surface area contributed by atoms with Gasteiger partial charge >= 0.3 is 0 Å². The van der Waals surface area contributed by atoms with Crippen LogP contribution in [0.2, 0.25) is 0 Å². The maximum Gasteiger partial charge on any atom is 0.255 e. The van der Waals surface area contributed by atoms with Crippen molar-refractivity contribution in [2.24, 2.45) is 11.8 Å². The number of amides is 3. The highest BCUT2D eigenvalue weighted by molar-refractivity contribution is 6.05. The van der Waals surface area contributed by atoms with Gasteiger partial charge in [0.05, 0.1) is 12.2 Å². The van der Waals surface area contributed by atoms with Crippen LogP contribution in [0.1, 0.15) is 93.5 Å². The van der Waals surface area contributed by atoms with Crippen LogP contribution in [0.4, 0.5) is 0 Å². The summed E-state index contributed by atoms with van der Waals surface area (Å²) in [4.78, 5) is 37.6. The summed E-state index contributed by atoms with van der Waals surface area (Å²) in [6, 6.07) is 5.00. The maximum absolute atomic E-state index is 12.6. The number of hydrogen-bond acceptors (Lipinski definition) is 6. The van der Waals surface area contributed by atoms with Gasteiger partial charge in [-0.25, -0.2) is 0 Å². The molecule has 1 aromatic carbocycles. The zero-order valence-electron chi connectivity index (χ0n) is 22.7. The highest BCUT2D eigenvalue weighted by Crippen LogP contribution is 2.33. The average Bonchev–Trinajstić information content (AvgIpc) is 3.21. The monoisotopic (exact) mass is 525 g/mol. The van der Waals surface area contributed by atoms with Crippen LogP contribution in [0.15, 0.2) is 18.2 Å². The summed E-state index contributed by atoms with van der Waals surface area (Å²) in [7, 11) is 0. The normalized spacial score (nSPS) is 28.2. The fourth-order valence-electron chi connectivity index (χ4n) is 6.61. The molecule has 6 rings (SSSR count). The molecule has 1 unspecified atom stereocenters. The number of fused-ring (bicyclic) bond motifs is 1. The van der Waals surface area contributed by atoms with Crippen molar-refractivity contribution < 1.29 is 23.9 Å². The summed E-state index contributed by atoms with van der Waals surface area (Å²) in [5, 5.41) is 5.69. The number of piperidine rings is 1. The lowest BCUT2D eigenvalue weighted by molar-refractivity contribution is -0.136. The van der Waals surface area contributed by atoms with Gasteiger partial charge in [-0.05, 0) is 113 Å². The SMILES string of the molecule is CCOC1CCC(C2CNC2)CC1.O=C1CCC(N2Cc3cc(OC4CCCCC4)ccc3C2=O)C(=O)N1. The first-order valence-corrected chi connectivity index (χ1v) is 14.8. The second kappa shape index (κ2) is 12.6. The first-order valence-electron chi connectivity index (χ1n) is 14.8. The lowest BCUT2D eigenvalue weighted by Crippen LogP contribution is -2.52. The fourth-order valence-corrected chi connectivity index (χ4v) is 6.61. The Morgan fingerprint density at radius 3 is 2.32 bits per heavy atom. The van der Waals surface area contributed by atoms with Gasteiger partial charge in [-0.2, -0.15) is 0 Å². The summed E-state index contributed by atoms with van der Waals surface area (Å²) in [6.07, 6.45) is 12.7. The molecule has 5 aliphatic rings. The molecule has 3 heterocycles. The van der Waals surface area contributed by atoms with E-state index in [-0.39, 0.29) is 30.2 Å². The van der Waals surface area contributed by atoms with E-state index in [4.69, 9.17) is 9.47 Å². The number of ether oxygens (including phenoxy) is 2. The van der Waals surface area contributed by atoms with E-state index in [1.807, 2.05) is 12.1 Å². The summed E-state index contributed by atoms with van der Waals surface area (Å²) >= 11 is 0. The smallest absolute Gasteiger partial charge is 0.255 e. The minimum Gasteiger partial charge on any atom is -0.490 e. The standard InChI is InChI=1S/C19H22N2O4.C11H21NO/c22-17-9-8-16(18(23)20-17)21-11-12-10-14(6-7-15(12)19(21)24)25-13-4-2-1-3-5-13;1-2-13-11-5-3-9(4-6-11)10-7-12-8-10/h6-7,10,13,16H,1-5,8-9,11H2,(H,20,22,23);9-12H,2-8H2,1H3. The van der Waals surface area contributed by atoms with Gasteiger partial charge in [0.25, 0.3) is 5.91 Å². The van der Waals surface area contributed by atoms with Gasteiger partial charge in [-0.15, -0.1) is 0 Å². The molecular weight excluding hydrogens is 482 g/mol. The van der Waals surface area contributed by atoms with Crippen molar-refractivity contribution in [1.29, 1.82) is 0 Å². The number of carbonyl (C=O) groups is 3. The first-order chi connectivity index (χ1) is 18.5. The Morgan fingerprint density at radius 2 is 1.66 bits per heavy atom. The van der Waals surface area contributed by atoms with Crippen LogP contribution >= 0.6 is 0 Å². The number of benzene rings is 1. The van der Waals surface area contributed by atoms with E-state index in [0.29, 0.717) is 24.6 Å². The predicted molar refractivity (Wildman–Crippen MR) is 144 cm³/mol. The number of nitrogens with one attached hydrogen (secondary N) is 2. The molecule has 3 aliphatic heterocycles. The second-order valence-corrected chi connectivity index (χ2v) is 11.5. The van der Waals surface area contributed by atoms with Crippen molar-refractivity contribution in [2.75, 3.05) is 19.7 Å². The third-order valence-corrected chi connectivity index (χ3v) is 8.95. The molecule has 2 saturated carbocycles. The molecule has 2 aliphatic carbocycles. The van der Waals surface area contributed by atoms with Crippen LogP contribution in [0, 0.1) is 11.8 Å². The van der Waals surface area contributed by atoms with Crippen LogP contribution in [0.5, 0.6) is 5.75 Å². The summed E-state index contributed by atoms with van der Waals surface area (Å²) < 4.78 is 11.7. The minimum atomic E-state index is -0.569.